The number of para-hydroxylation sites is 1. The van der Waals surface area contributed by atoms with Crippen molar-refractivity contribution < 1.29 is 14.3 Å². The van der Waals surface area contributed by atoms with E-state index in [0.29, 0.717) is 44.2 Å². The number of rotatable bonds is 5. The highest BCUT2D eigenvalue weighted by molar-refractivity contribution is 5.95. The molecule has 132 valence electrons. The zero-order chi connectivity index (χ0) is 17.5. The van der Waals surface area contributed by atoms with Crippen LogP contribution >= 0.6 is 0 Å². The quantitative estimate of drug-likeness (QED) is 0.840. The summed E-state index contributed by atoms with van der Waals surface area (Å²) in [5.41, 5.74) is 1.43. The molecule has 6 heteroatoms. The lowest BCUT2D eigenvalue weighted by atomic mass is 10.1. The molecule has 1 fully saturated rings. The summed E-state index contributed by atoms with van der Waals surface area (Å²) in [7, 11) is 1.39. The number of carbonyl (C=O) groups is 2. The molecule has 1 aliphatic rings. The molecule has 0 aliphatic carbocycles. The van der Waals surface area contributed by atoms with E-state index in [9.17, 15) is 9.59 Å². The Balaban J connectivity index is 1.91. The van der Waals surface area contributed by atoms with E-state index in [1.54, 1.807) is 6.07 Å². The van der Waals surface area contributed by atoms with Crippen LogP contribution in [0.25, 0.3) is 0 Å². The van der Waals surface area contributed by atoms with Crippen LogP contribution in [0.4, 0.5) is 10.5 Å². The first kappa shape index (κ1) is 18.1. The van der Waals surface area contributed by atoms with E-state index in [4.69, 9.17) is 4.74 Å². The summed E-state index contributed by atoms with van der Waals surface area (Å²) in [6.07, 6.45) is 0.984. The lowest BCUT2D eigenvalue weighted by Gasteiger charge is -2.36. The molecule has 0 atom stereocenters. The van der Waals surface area contributed by atoms with Crippen LogP contribution in [0.3, 0.4) is 0 Å². The maximum Gasteiger partial charge on any atom is 0.339 e. The molecular weight excluding hydrogens is 306 g/mol. The van der Waals surface area contributed by atoms with Crippen molar-refractivity contribution in [3.63, 3.8) is 0 Å². The van der Waals surface area contributed by atoms with Crippen LogP contribution in [0.2, 0.25) is 0 Å². The highest BCUT2D eigenvalue weighted by atomic mass is 16.5. The molecule has 1 saturated heterocycles. The predicted molar refractivity (Wildman–Crippen MR) is 94.4 cm³/mol. The van der Waals surface area contributed by atoms with E-state index in [-0.39, 0.29) is 12.0 Å². The van der Waals surface area contributed by atoms with Gasteiger partial charge in [-0.05, 0) is 24.5 Å². The largest absolute Gasteiger partial charge is 0.465 e. The van der Waals surface area contributed by atoms with Gasteiger partial charge >= 0.3 is 12.0 Å². The number of urea groups is 1. The lowest BCUT2D eigenvalue weighted by molar-refractivity contribution is 0.0601. The Kier molecular flexibility index (Phi) is 6.46. The summed E-state index contributed by atoms with van der Waals surface area (Å²) in [4.78, 5) is 28.0. The molecule has 0 bridgehead atoms. The Morgan fingerprint density at radius 2 is 1.83 bits per heavy atom. The first-order chi connectivity index (χ1) is 11.5. The van der Waals surface area contributed by atoms with Gasteiger partial charge in [0.05, 0.1) is 18.4 Å². The highest BCUT2D eigenvalue weighted by Crippen LogP contribution is 2.22. The Morgan fingerprint density at radius 3 is 2.46 bits per heavy atom. The van der Waals surface area contributed by atoms with Crippen LogP contribution in [0.5, 0.6) is 0 Å². The van der Waals surface area contributed by atoms with E-state index < -0.39 is 0 Å². The van der Waals surface area contributed by atoms with Gasteiger partial charge in [0, 0.05) is 32.7 Å². The maximum absolute atomic E-state index is 12.2. The van der Waals surface area contributed by atoms with Gasteiger partial charge in [0.1, 0.15) is 0 Å². The first-order valence-corrected chi connectivity index (χ1v) is 8.48. The molecule has 0 unspecified atom stereocenters. The average Bonchev–Trinajstić information content (AvgIpc) is 2.60. The van der Waals surface area contributed by atoms with Gasteiger partial charge in [-0.1, -0.05) is 26.0 Å². The van der Waals surface area contributed by atoms with Gasteiger partial charge in [0.2, 0.25) is 0 Å². The summed E-state index contributed by atoms with van der Waals surface area (Å²) in [5.74, 6) is 0.247. The number of nitrogens with one attached hydrogen (secondary N) is 1. The molecule has 1 aromatic rings. The van der Waals surface area contributed by atoms with Crippen LogP contribution in [-0.2, 0) is 4.74 Å². The highest BCUT2D eigenvalue weighted by Gasteiger charge is 2.24. The molecule has 2 rings (SSSR count). The first-order valence-electron chi connectivity index (χ1n) is 8.48. The summed E-state index contributed by atoms with van der Waals surface area (Å²) in [5, 5.41) is 2.97. The molecule has 0 saturated carbocycles. The number of carbonyl (C=O) groups excluding carboxylic acids is 2. The number of amides is 2. The van der Waals surface area contributed by atoms with Gasteiger partial charge in [0.15, 0.2) is 0 Å². The van der Waals surface area contributed by atoms with Crippen LogP contribution in [0, 0.1) is 5.92 Å². The third-order valence-corrected chi connectivity index (χ3v) is 4.21. The molecule has 0 spiro atoms. The number of ether oxygens (including phenoxy) is 1. The van der Waals surface area contributed by atoms with Gasteiger partial charge in [-0.3, -0.25) is 0 Å². The molecule has 1 heterocycles. The Hall–Kier alpha value is -2.24. The molecule has 2 amide bonds. The van der Waals surface area contributed by atoms with E-state index in [0.717, 1.165) is 12.1 Å². The number of anilines is 1. The van der Waals surface area contributed by atoms with E-state index in [1.165, 1.54) is 7.11 Å². The zero-order valence-electron chi connectivity index (χ0n) is 14.7. The van der Waals surface area contributed by atoms with Gasteiger partial charge in [0.25, 0.3) is 0 Å². The van der Waals surface area contributed by atoms with Crippen molar-refractivity contribution in [3.05, 3.63) is 29.8 Å². The van der Waals surface area contributed by atoms with E-state index >= 15 is 0 Å². The minimum Gasteiger partial charge on any atom is -0.465 e. The molecule has 0 radical (unpaired) electrons. The number of hydrogen-bond acceptors (Lipinski definition) is 4. The van der Waals surface area contributed by atoms with Gasteiger partial charge in [-0.15, -0.1) is 0 Å². The fourth-order valence-corrected chi connectivity index (χ4v) is 2.76. The Labute approximate surface area is 143 Å². The molecule has 0 aromatic heterocycles. The van der Waals surface area contributed by atoms with Crippen molar-refractivity contribution in [2.75, 3.05) is 44.7 Å². The molecular formula is C18H27N3O3. The van der Waals surface area contributed by atoms with Crippen LogP contribution in [0.1, 0.15) is 30.6 Å². The summed E-state index contributed by atoms with van der Waals surface area (Å²) in [6.45, 7) is 7.68. The maximum atomic E-state index is 12.2. The Morgan fingerprint density at radius 1 is 1.17 bits per heavy atom. The zero-order valence-corrected chi connectivity index (χ0v) is 14.7. The fraction of sp³-hybridized carbons (Fsp3) is 0.556. The van der Waals surface area contributed by atoms with Gasteiger partial charge in [-0.25, -0.2) is 9.59 Å². The molecule has 1 aromatic carbocycles. The number of nitrogens with zero attached hydrogens (tertiary/aromatic N) is 2. The summed E-state index contributed by atoms with van der Waals surface area (Å²) in [6, 6.07) is 7.43. The molecule has 24 heavy (non-hydrogen) atoms. The summed E-state index contributed by atoms with van der Waals surface area (Å²) >= 11 is 0. The standard InChI is InChI=1S/C18H27N3O3/c1-14(2)8-9-19-18(23)21-12-10-20(11-13-21)16-7-5-4-6-15(16)17(22)24-3/h4-7,14H,8-13H2,1-3H3,(H,19,23). The van der Waals surface area contributed by atoms with Crippen molar-refractivity contribution in [1.29, 1.82) is 0 Å². The Bertz CT molecular complexity index is 566. The van der Waals surface area contributed by atoms with Gasteiger partial charge < -0.3 is 19.9 Å². The van der Waals surface area contributed by atoms with Crippen LogP contribution < -0.4 is 10.2 Å². The second kappa shape index (κ2) is 8.57. The van der Waals surface area contributed by atoms with Gasteiger partial charge in [-0.2, -0.15) is 0 Å². The minimum absolute atomic E-state index is 0.00319. The smallest absolute Gasteiger partial charge is 0.339 e. The number of methoxy groups -OCH3 is 1. The normalized spacial score (nSPS) is 14.7. The third kappa shape index (κ3) is 4.63. The number of piperazine rings is 1. The average molecular weight is 333 g/mol. The second-order valence-electron chi connectivity index (χ2n) is 6.40. The lowest BCUT2D eigenvalue weighted by Crippen LogP contribution is -2.52. The molecule has 1 aliphatic heterocycles. The number of benzene rings is 1. The van der Waals surface area contributed by atoms with Crippen molar-refractivity contribution in [2.45, 2.75) is 20.3 Å². The van der Waals surface area contributed by atoms with Crippen molar-refractivity contribution in [2.24, 2.45) is 5.92 Å². The van der Waals surface area contributed by atoms with Crippen LogP contribution in [-0.4, -0.2) is 56.7 Å². The van der Waals surface area contributed by atoms with Crippen molar-refractivity contribution >= 4 is 17.7 Å². The van der Waals surface area contributed by atoms with Crippen molar-refractivity contribution in [1.82, 2.24) is 10.2 Å². The van der Waals surface area contributed by atoms with Crippen molar-refractivity contribution in [3.8, 4) is 0 Å². The summed E-state index contributed by atoms with van der Waals surface area (Å²) < 4.78 is 4.85. The topological polar surface area (TPSA) is 61.9 Å². The second-order valence-corrected chi connectivity index (χ2v) is 6.40. The third-order valence-electron chi connectivity index (χ3n) is 4.21. The predicted octanol–water partition coefficient (Wildman–Crippen LogP) is 2.35. The molecule has 1 N–H and O–H groups in total. The van der Waals surface area contributed by atoms with E-state index in [2.05, 4.69) is 24.1 Å². The van der Waals surface area contributed by atoms with Crippen LogP contribution in [0.15, 0.2) is 24.3 Å². The number of hydrogen-bond donors (Lipinski definition) is 1. The fourth-order valence-electron chi connectivity index (χ4n) is 2.76. The monoisotopic (exact) mass is 333 g/mol. The molecule has 6 nitrogen and oxygen atoms in total. The minimum atomic E-state index is -0.334. The number of esters is 1. The SMILES string of the molecule is COC(=O)c1ccccc1N1CCN(C(=O)NCCC(C)C)CC1. The van der Waals surface area contributed by atoms with E-state index in [1.807, 2.05) is 23.1 Å².